The number of nitrogens with zero attached hydrogens (tertiary/aromatic N) is 1. The second-order valence-corrected chi connectivity index (χ2v) is 7.08. The smallest absolute Gasteiger partial charge is 0.229 e. The molecule has 4 rings (SSSR count). The Labute approximate surface area is 165 Å². The molecule has 0 aliphatic carbocycles. The molecule has 148 valence electrons. The standard InChI is InChI=1S/C20H20ClNO6/c21-13-9-12(22-8-7-11-3-1-2-4-14(11)22)5-6-15(13)27-20-19(26)18(25)17(24)16(10-23)28-20/h1-9,16-20,23-26H,10H2/t16?,17-,18+,19?,20+/m1/s1. The number of fused-ring (bicyclic) bond motifs is 1. The zero-order chi connectivity index (χ0) is 19.8. The number of aromatic nitrogens is 1. The zero-order valence-electron chi connectivity index (χ0n) is 14.7. The van der Waals surface area contributed by atoms with Crippen LogP contribution in [0, 0.1) is 0 Å². The van der Waals surface area contributed by atoms with Crippen molar-refractivity contribution in [2.75, 3.05) is 6.61 Å². The second-order valence-electron chi connectivity index (χ2n) is 6.67. The summed E-state index contributed by atoms with van der Waals surface area (Å²) in [6, 6.07) is 15.1. The van der Waals surface area contributed by atoms with Gasteiger partial charge in [0.05, 0.1) is 17.1 Å². The van der Waals surface area contributed by atoms with Crippen LogP contribution in [-0.2, 0) is 4.74 Å². The summed E-state index contributed by atoms with van der Waals surface area (Å²) in [5.41, 5.74) is 1.86. The van der Waals surface area contributed by atoms with E-state index in [1.807, 2.05) is 41.1 Å². The monoisotopic (exact) mass is 405 g/mol. The lowest BCUT2D eigenvalue weighted by atomic mass is 9.99. The third-order valence-corrected chi connectivity index (χ3v) is 5.18. The van der Waals surface area contributed by atoms with E-state index in [1.54, 1.807) is 18.2 Å². The topological polar surface area (TPSA) is 104 Å². The van der Waals surface area contributed by atoms with E-state index in [4.69, 9.17) is 21.1 Å². The first-order valence-electron chi connectivity index (χ1n) is 8.83. The summed E-state index contributed by atoms with van der Waals surface area (Å²) in [4.78, 5) is 0. The molecule has 5 atom stereocenters. The molecule has 2 aromatic carbocycles. The molecule has 0 saturated carbocycles. The van der Waals surface area contributed by atoms with Gasteiger partial charge in [0.15, 0.2) is 0 Å². The minimum Gasteiger partial charge on any atom is -0.460 e. The van der Waals surface area contributed by atoms with Crippen LogP contribution >= 0.6 is 11.6 Å². The number of aliphatic hydroxyl groups is 4. The fraction of sp³-hybridized carbons (Fsp3) is 0.300. The molecule has 1 aromatic heterocycles. The summed E-state index contributed by atoms with van der Waals surface area (Å²) in [5.74, 6) is 0.242. The van der Waals surface area contributed by atoms with Crippen molar-refractivity contribution in [3.05, 3.63) is 59.8 Å². The Kier molecular flexibility index (Phi) is 5.29. The van der Waals surface area contributed by atoms with Gasteiger partial charge in [0.25, 0.3) is 0 Å². The Morgan fingerprint density at radius 3 is 2.54 bits per heavy atom. The van der Waals surface area contributed by atoms with Crippen LogP contribution < -0.4 is 4.74 Å². The van der Waals surface area contributed by atoms with E-state index in [-0.39, 0.29) is 10.8 Å². The van der Waals surface area contributed by atoms with Crippen LogP contribution in [0.15, 0.2) is 54.7 Å². The maximum atomic E-state index is 10.1. The highest BCUT2D eigenvalue weighted by Gasteiger charge is 2.44. The van der Waals surface area contributed by atoms with E-state index in [9.17, 15) is 20.4 Å². The first kappa shape index (κ1) is 19.2. The minimum atomic E-state index is -1.51. The van der Waals surface area contributed by atoms with Crippen molar-refractivity contribution >= 4 is 22.5 Å². The van der Waals surface area contributed by atoms with Gasteiger partial charge in [-0.3, -0.25) is 0 Å². The Balaban J connectivity index is 1.58. The fourth-order valence-corrected chi connectivity index (χ4v) is 3.55. The van der Waals surface area contributed by atoms with Crippen LogP contribution in [-0.4, -0.2) is 62.3 Å². The highest BCUT2D eigenvalue weighted by atomic mass is 35.5. The van der Waals surface area contributed by atoms with E-state index in [1.165, 1.54) is 0 Å². The van der Waals surface area contributed by atoms with E-state index in [2.05, 4.69) is 0 Å². The first-order valence-corrected chi connectivity index (χ1v) is 9.20. The van der Waals surface area contributed by atoms with E-state index in [0.717, 1.165) is 16.6 Å². The van der Waals surface area contributed by atoms with Gasteiger partial charge in [0.2, 0.25) is 6.29 Å². The molecule has 0 radical (unpaired) electrons. The first-order chi connectivity index (χ1) is 13.5. The van der Waals surface area contributed by atoms with Crippen LogP contribution in [0.3, 0.4) is 0 Å². The lowest BCUT2D eigenvalue weighted by Gasteiger charge is -2.39. The summed E-state index contributed by atoms with van der Waals surface area (Å²) in [6.07, 6.45) is -4.85. The summed E-state index contributed by atoms with van der Waals surface area (Å²) < 4.78 is 13.0. The molecule has 1 saturated heterocycles. The molecule has 7 nitrogen and oxygen atoms in total. The predicted molar refractivity (Wildman–Crippen MR) is 103 cm³/mol. The highest BCUT2D eigenvalue weighted by Crippen LogP contribution is 2.32. The number of para-hydroxylation sites is 1. The minimum absolute atomic E-state index is 0.242. The SMILES string of the molecule is OCC1O[C@H](Oc2ccc(-n3ccc4ccccc43)cc2Cl)C(O)[C@@H](O)[C@@H]1O. The lowest BCUT2D eigenvalue weighted by Crippen LogP contribution is -2.60. The number of hydrogen-bond donors (Lipinski definition) is 4. The molecule has 3 aromatic rings. The van der Waals surface area contributed by atoms with Crippen molar-refractivity contribution in [2.24, 2.45) is 0 Å². The van der Waals surface area contributed by atoms with E-state index >= 15 is 0 Å². The number of benzene rings is 2. The van der Waals surface area contributed by atoms with Gasteiger partial charge < -0.3 is 34.5 Å². The molecular weight excluding hydrogens is 386 g/mol. The summed E-state index contributed by atoms with van der Waals surface area (Å²) in [6.45, 7) is -0.530. The molecular formula is C20H20ClNO6. The summed E-state index contributed by atoms with van der Waals surface area (Å²) in [5, 5.41) is 40.5. The molecule has 4 N–H and O–H groups in total. The molecule has 2 unspecified atom stereocenters. The van der Waals surface area contributed by atoms with Gasteiger partial charge in [-0.2, -0.15) is 0 Å². The van der Waals surface area contributed by atoms with Gasteiger partial charge in [-0.1, -0.05) is 29.8 Å². The molecule has 1 aliphatic rings. The van der Waals surface area contributed by atoms with Crippen molar-refractivity contribution in [2.45, 2.75) is 30.7 Å². The zero-order valence-corrected chi connectivity index (χ0v) is 15.5. The Morgan fingerprint density at radius 1 is 1.00 bits per heavy atom. The molecule has 0 amide bonds. The quantitative estimate of drug-likeness (QED) is 0.524. The molecule has 28 heavy (non-hydrogen) atoms. The normalized spacial score (nSPS) is 27.8. The van der Waals surface area contributed by atoms with Crippen molar-refractivity contribution in [3.63, 3.8) is 0 Å². The molecule has 1 fully saturated rings. The van der Waals surface area contributed by atoms with Crippen LogP contribution in [0.25, 0.3) is 16.6 Å². The number of halogens is 1. The molecule has 8 heteroatoms. The van der Waals surface area contributed by atoms with Gasteiger partial charge in [-0.15, -0.1) is 0 Å². The third-order valence-electron chi connectivity index (χ3n) is 4.88. The van der Waals surface area contributed by atoms with Crippen LogP contribution in [0.1, 0.15) is 0 Å². The average molecular weight is 406 g/mol. The highest BCUT2D eigenvalue weighted by molar-refractivity contribution is 6.32. The molecule has 2 heterocycles. The van der Waals surface area contributed by atoms with E-state index < -0.39 is 37.3 Å². The van der Waals surface area contributed by atoms with Crippen LogP contribution in [0.2, 0.25) is 5.02 Å². The van der Waals surface area contributed by atoms with Crippen molar-refractivity contribution < 1.29 is 29.9 Å². The van der Waals surface area contributed by atoms with E-state index in [0.29, 0.717) is 0 Å². The van der Waals surface area contributed by atoms with Crippen molar-refractivity contribution in [1.82, 2.24) is 4.57 Å². The van der Waals surface area contributed by atoms with Gasteiger partial charge in [-0.25, -0.2) is 0 Å². The maximum Gasteiger partial charge on any atom is 0.229 e. The second kappa shape index (κ2) is 7.71. The fourth-order valence-electron chi connectivity index (χ4n) is 3.33. The Hall–Kier alpha value is -2.13. The van der Waals surface area contributed by atoms with Gasteiger partial charge in [0.1, 0.15) is 30.2 Å². The largest absolute Gasteiger partial charge is 0.460 e. The summed E-state index contributed by atoms with van der Waals surface area (Å²) >= 11 is 6.36. The molecule has 1 aliphatic heterocycles. The van der Waals surface area contributed by atoms with Gasteiger partial charge in [0, 0.05) is 11.9 Å². The molecule has 0 spiro atoms. The van der Waals surface area contributed by atoms with Crippen molar-refractivity contribution in [1.29, 1.82) is 0 Å². The predicted octanol–water partition coefficient (Wildman–Crippen LogP) is 1.46. The van der Waals surface area contributed by atoms with Gasteiger partial charge in [-0.05, 0) is 35.7 Å². The number of aliphatic hydroxyl groups excluding tert-OH is 4. The molecule has 0 bridgehead atoms. The van der Waals surface area contributed by atoms with Crippen LogP contribution in [0.4, 0.5) is 0 Å². The number of ether oxygens (including phenoxy) is 2. The average Bonchev–Trinajstić information content (AvgIpc) is 3.14. The summed E-state index contributed by atoms with van der Waals surface area (Å²) in [7, 11) is 0. The van der Waals surface area contributed by atoms with Crippen LogP contribution in [0.5, 0.6) is 5.75 Å². The van der Waals surface area contributed by atoms with Gasteiger partial charge >= 0.3 is 0 Å². The lowest BCUT2D eigenvalue weighted by molar-refractivity contribution is -0.277. The van der Waals surface area contributed by atoms with Crippen molar-refractivity contribution in [3.8, 4) is 11.4 Å². The third kappa shape index (κ3) is 3.37. The maximum absolute atomic E-state index is 10.1. The Morgan fingerprint density at radius 2 is 1.79 bits per heavy atom. The Bertz CT molecular complexity index is 974. The number of hydrogen-bond acceptors (Lipinski definition) is 6. The number of rotatable bonds is 4.